The number of carbonyl (C=O) groups is 2. The van der Waals surface area contributed by atoms with Gasteiger partial charge in [0.2, 0.25) is 11.9 Å². The highest BCUT2D eigenvalue weighted by Crippen LogP contribution is 2.61. The first-order valence-electron chi connectivity index (χ1n) is 10.5. The maximum absolute atomic E-state index is 9.51. The minimum Gasteiger partial charge on any atom is -0.425 e. The summed E-state index contributed by atoms with van der Waals surface area (Å²) in [6, 6.07) is 0. The number of carbonyl (C=O) groups excluding carboxylic acids is 2. The zero-order valence-corrected chi connectivity index (χ0v) is 26.2. The molecule has 0 aliphatic rings. The monoisotopic (exact) mass is 690 g/mol. The predicted molar refractivity (Wildman–Crippen MR) is 167 cm³/mol. The smallest absolute Gasteiger partial charge is 0.339 e. The first-order valence-corrected chi connectivity index (χ1v) is 15.3. The van der Waals surface area contributed by atoms with Crippen LogP contribution in [0.3, 0.4) is 0 Å². The molecule has 3 heterocycles. The van der Waals surface area contributed by atoms with Gasteiger partial charge >= 0.3 is 5.20 Å². The van der Waals surface area contributed by atoms with Crippen molar-refractivity contribution in [2.45, 2.75) is 35.1 Å². The van der Waals surface area contributed by atoms with E-state index in [0.717, 1.165) is 16.7 Å². The maximum atomic E-state index is 9.51. The van der Waals surface area contributed by atoms with Crippen LogP contribution in [0, 0.1) is 37.5 Å². The quantitative estimate of drug-likeness (QED) is 0.0385. The van der Waals surface area contributed by atoms with Crippen LogP contribution in [0.25, 0.3) is 0 Å². The van der Waals surface area contributed by atoms with Crippen molar-refractivity contribution in [2.24, 2.45) is 17.4 Å². The number of hydrogen-bond donors (Lipinski definition) is 7. The topological polar surface area (TPSA) is 293 Å². The molecule has 3 rings (SSSR count). The van der Waals surface area contributed by atoms with Gasteiger partial charge in [-0.15, -0.1) is 0 Å². The van der Waals surface area contributed by atoms with Gasteiger partial charge in [-0.2, -0.15) is 4.73 Å². The number of aromatic nitrogens is 6. The van der Waals surface area contributed by atoms with E-state index in [-0.39, 0.29) is 25.0 Å². The van der Waals surface area contributed by atoms with Crippen molar-refractivity contribution >= 4 is 81.0 Å². The summed E-state index contributed by atoms with van der Waals surface area (Å²) in [7, 11) is 0. The molecule has 42 heavy (non-hydrogen) atoms. The molecule has 0 aromatic carbocycles. The maximum Gasteiger partial charge on any atom is 0.339 e. The van der Waals surface area contributed by atoms with E-state index in [9.17, 15) is 14.2 Å². The Morgan fingerprint density at radius 3 is 1.60 bits per heavy atom. The fourth-order valence-electron chi connectivity index (χ4n) is 1.38. The molecule has 21 heteroatoms. The number of anilines is 2. The molecule has 0 aliphatic heterocycles. The third kappa shape index (κ3) is 34.5. The highest BCUT2D eigenvalue weighted by molar-refractivity contribution is 8.24. The summed E-state index contributed by atoms with van der Waals surface area (Å²) in [4.78, 5) is 37.5. The van der Waals surface area contributed by atoms with Gasteiger partial charge in [0.1, 0.15) is 17.7 Å². The van der Waals surface area contributed by atoms with Gasteiger partial charge in [-0.3, -0.25) is 15.4 Å². The van der Waals surface area contributed by atoms with Gasteiger partial charge in [-0.25, -0.2) is 24.9 Å². The van der Waals surface area contributed by atoms with E-state index in [0.29, 0.717) is 28.4 Å². The van der Waals surface area contributed by atoms with Gasteiger partial charge in [0.15, 0.2) is 5.96 Å². The molecule has 0 unspecified atom stereocenters. The van der Waals surface area contributed by atoms with Crippen molar-refractivity contribution in [2.75, 3.05) is 11.5 Å². The summed E-state index contributed by atoms with van der Waals surface area (Å²) < 4.78 is 10.2. The summed E-state index contributed by atoms with van der Waals surface area (Å²) in [5, 5.41) is 18.9. The second-order valence-corrected chi connectivity index (χ2v) is 14.1. The van der Waals surface area contributed by atoms with E-state index >= 15 is 0 Å². The standard InChI is InChI=1S/C5H6ClN3.C5H7N3O.C5H7N3.C4H6O2.CH5N3.CH4.Cl3OP/c1-3-2-8-5(7)9-4(3)6;1-4-2-7-5(6)8(9)3-4;1-4-2-7-5(6)8-3-4;1-4(2-5)3-6;2-1(3)4;;1-5(2,3)4/h2H,1H3,(H2,7,8,9);2-3,6,9H,1H3;2-3H,1H3,(H2,6,7,8);2-4H,1H3;(H5,2,3,4);1H4;. The van der Waals surface area contributed by atoms with Gasteiger partial charge in [-0.1, -0.05) is 19.0 Å². The third-order valence-electron chi connectivity index (χ3n) is 3.09. The van der Waals surface area contributed by atoms with Gasteiger partial charge in [0, 0.05) is 30.4 Å². The molecule has 11 N–H and O–H groups in total. The normalized spacial score (nSPS) is 8.98. The Morgan fingerprint density at radius 1 is 0.952 bits per heavy atom. The molecule has 16 nitrogen and oxygen atoms in total. The minimum absolute atomic E-state index is 0. The van der Waals surface area contributed by atoms with E-state index in [1.165, 1.54) is 12.4 Å². The summed E-state index contributed by atoms with van der Waals surface area (Å²) in [5.41, 5.74) is 21.9. The van der Waals surface area contributed by atoms with Gasteiger partial charge in [0.25, 0.3) is 5.62 Å². The second-order valence-electron chi connectivity index (χ2n) is 7.11. The van der Waals surface area contributed by atoms with Gasteiger partial charge in [0.05, 0.1) is 12.1 Å². The molecule has 0 radical (unpaired) electrons. The average molecular weight is 692 g/mol. The Kier molecular flexibility index (Phi) is 27.2. The van der Waals surface area contributed by atoms with Crippen LogP contribution in [-0.2, 0) is 14.2 Å². The number of nitrogens with one attached hydrogen (secondary N) is 2. The van der Waals surface area contributed by atoms with Crippen molar-refractivity contribution < 1.29 is 19.4 Å². The molecule has 0 atom stereocenters. The number of nitrogens with zero attached hydrogens (tertiary/aromatic N) is 6. The molecule has 0 saturated heterocycles. The number of rotatable bonds is 2. The zero-order chi connectivity index (χ0) is 32.8. The van der Waals surface area contributed by atoms with Crippen molar-refractivity contribution in [3.05, 3.63) is 58.4 Å². The zero-order valence-electron chi connectivity index (χ0n) is 22.2. The number of aldehydes is 2. The third-order valence-corrected chi connectivity index (χ3v) is 3.47. The second kappa shape index (κ2) is 25.2. The largest absolute Gasteiger partial charge is 0.425 e. The van der Waals surface area contributed by atoms with Crippen molar-refractivity contribution in [3.63, 3.8) is 0 Å². The molecule has 3 aromatic rings. The number of aryl methyl sites for hydroxylation is 3. The van der Waals surface area contributed by atoms with Crippen LogP contribution in [0.5, 0.6) is 0 Å². The van der Waals surface area contributed by atoms with Crippen LogP contribution in [0.1, 0.15) is 31.0 Å². The minimum atomic E-state index is -3.22. The lowest BCUT2D eigenvalue weighted by Gasteiger charge is -1.94. The Balaban J connectivity index is -0.000000210. The number of nitrogen functional groups attached to an aromatic ring is 2. The van der Waals surface area contributed by atoms with Crippen molar-refractivity contribution in [1.82, 2.24) is 29.7 Å². The summed E-state index contributed by atoms with van der Waals surface area (Å²) in [6.07, 6.45) is 9.11. The number of guanidine groups is 1. The first kappa shape index (κ1) is 45.4. The predicted octanol–water partition coefficient (Wildman–Crippen LogP) is 3.60. The molecule has 0 saturated carbocycles. The lowest BCUT2D eigenvalue weighted by molar-refractivity contribution is -0.118. The summed E-state index contributed by atoms with van der Waals surface area (Å²) in [5.74, 6) is -0.216. The summed E-state index contributed by atoms with van der Waals surface area (Å²) >= 11 is 19.4. The molecule has 0 spiro atoms. The summed E-state index contributed by atoms with van der Waals surface area (Å²) in [6.45, 7) is 7.07. The lowest BCUT2D eigenvalue weighted by Crippen LogP contribution is -2.20. The molecular weight excluding hydrogens is 657 g/mol. The van der Waals surface area contributed by atoms with E-state index in [1.807, 2.05) is 13.8 Å². The van der Waals surface area contributed by atoms with Crippen LogP contribution >= 0.6 is 50.5 Å². The molecule has 0 amide bonds. The molecular formula is C21H35Cl4N12O4P. The van der Waals surface area contributed by atoms with E-state index in [1.54, 1.807) is 32.4 Å². The van der Waals surface area contributed by atoms with E-state index < -0.39 is 11.1 Å². The molecule has 236 valence electrons. The molecule has 3 aromatic heterocycles. The first-order chi connectivity index (χ1) is 18.7. The highest BCUT2D eigenvalue weighted by atomic mass is 36.0. The van der Waals surface area contributed by atoms with Crippen LogP contribution in [-0.4, -0.2) is 53.4 Å². The molecule has 0 bridgehead atoms. The Morgan fingerprint density at radius 2 is 1.33 bits per heavy atom. The van der Waals surface area contributed by atoms with Gasteiger partial charge in [-0.05, 0) is 72.5 Å². The van der Waals surface area contributed by atoms with Crippen LogP contribution < -0.4 is 28.6 Å². The Hall–Kier alpha value is -3.56. The van der Waals surface area contributed by atoms with Crippen LogP contribution in [0.4, 0.5) is 11.9 Å². The molecule has 0 aliphatic carbocycles. The highest BCUT2D eigenvalue weighted by Gasteiger charge is 2.03. The van der Waals surface area contributed by atoms with Crippen molar-refractivity contribution in [3.8, 4) is 0 Å². The average Bonchev–Trinajstić information content (AvgIpc) is 2.85. The lowest BCUT2D eigenvalue weighted by atomic mass is 10.3. The van der Waals surface area contributed by atoms with Crippen LogP contribution in [0.2, 0.25) is 5.15 Å². The van der Waals surface area contributed by atoms with Crippen LogP contribution in [0.15, 0.2) is 31.0 Å². The fraction of sp³-hybridized carbons (Fsp3) is 0.286. The fourth-order valence-corrected chi connectivity index (χ4v) is 1.51. The number of hydrogen-bond acceptors (Lipinski definition) is 13. The van der Waals surface area contributed by atoms with E-state index in [4.69, 9.17) is 39.1 Å². The molecule has 0 fully saturated rings. The SMILES string of the molecule is C.CC(C=O)C=O.Cc1cnc(=N)n(O)c1.Cc1cnc(N)nc1.Cc1cnc(N)nc1Cl.N=C(N)N.O=P(Cl)(Cl)Cl. The number of nitrogens with two attached hydrogens (primary N) is 4. The Labute approximate surface area is 262 Å². The Bertz CT molecular complexity index is 1270. The number of halogens is 4. The van der Waals surface area contributed by atoms with Crippen molar-refractivity contribution in [1.29, 1.82) is 10.8 Å². The van der Waals surface area contributed by atoms with E-state index in [2.05, 4.69) is 70.1 Å². The van der Waals surface area contributed by atoms with Gasteiger partial charge < -0.3 is 37.7 Å².